The Bertz CT molecular complexity index is 663. The molecule has 0 saturated heterocycles. The molecule has 0 saturated carbocycles. The van der Waals surface area contributed by atoms with Crippen LogP contribution in [0, 0.1) is 0 Å². The first kappa shape index (κ1) is 34.8. The van der Waals surface area contributed by atoms with Crippen LogP contribution >= 0.6 is 7.82 Å². The van der Waals surface area contributed by atoms with Crippen LogP contribution in [0.2, 0.25) is 0 Å². The van der Waals surface area contributed by atoms with Gasteiger partial charge < -0.3 is 18.9 Å². The smallest absolute Gasteiger partial charge is 0.462 e. The standard InChI is InChI=1S/C26H50NO8P/c1-6-8-10-11-12-13-14-15-17-19-26(29)35-24(22-32-25(28)18-16-9-7-2)23-34-36(30,31)33-21-20-27(3,4)5/h8,10,24H,6-7,9,11-23H2,1-5H3/p+1/b10-8+/t24-/m1/s1. The molecular formula is C26H51NO8P+. The number of hydrogen-bond donors (Lipinski definition) is 1. The van der Waals surface area contributed by atoms with Gasteiger partial charge in [0, 0.05) is 12.8 Å². The summed E-state index contributed by atoms with van der Waals surface area (Å²) in [6.07, 6.45) is 13.6. The number of carbonyl (C=O) groups is 2. The molecule has 9 nitrogen and oxygen atoms in total. The summed E-state index contributed by atoms with van der Waals surface area (Å²) >= 11 is 0. The highest BCUT2D eigenvalue weighted by Crippen LogP contribution is 2.43. The third-order valence-electron chi connectivity index (χ3n) is 5.31. The van der Waals surface area contributed by atoms with E-state index in [1.54, 1.807) is 0 Å². The van der Waals surface area contributed by atoms with E-state index in [0.717, 1.165) is 57.8 Å². The molecule has 0 rings (SSSR count). The van der Waals surface area contributed by atoms with E-state index in [0.29, 0.717) is 17.4 Å². The van der Waals surface area contributed by atoms with E-state index >= 15 is 0 Å². The minimum absolute atomic E-state index is 0.0308. The largest absolute Gasteiger partial charge is 0.472 e. The van der Waals surface area contributed by atoms with Crippen molar-refractivity contribution in [2.45, 2.75) is 97.0 Å². The normalized spacial score (nSPS) is 14.5. The van der Waals surface area contributed by atoms with Gasteiger partial charge in [-0.15, -0.1) is 0 Å². The topological polar surface area (TPSA) is 108 Å². The molecule has 1 N–H and O–H groups in total. The van der Waals surface area contributed by atoms with E-state index in [1.807, 2.05) is 28.1 Å². The Morgan fingerprint density at radius 1 is 0.861 bits per heavy atom. The molecule has 0 aliphatic rings. The first-order chi connectivity index (χ1) is 17.0. The van der Waals surface area contributed by atoms with Crippen LogP contribution in [-0.2, 0) is 32.7 Å². The molecule has 0 bridgehead atoms. The number of unbranched alkanes of at least 4 members (excludes halogenated alkanes) is 7. The average molecular weight is 537 g/mol. The molecule has 0 aromatic heterocycles. The zero-order valence-corrected chi connectivity index (χ0v) is 24.1. The van der Waals surface area contributed by atoms with Crippen molar-refractivity contribution < 1.29 is 42.1 Å². The zero-order valence-electron chi connectivity index (χ0n) is 23.2. The summed E-state index contributed by atoms with van der Waals surface area (Å²) in [4.78, 5) is 34.3. The van der Waals surface area contributed by atoms with E-state index in [-0.39, 0.29) is 26.1 Å². The van der Waals surface area contributed by atoms with E-state index < -0.39 is 32.5 Å². The second kappa shape index (κ2) is 20.8. The third-order valence-corrected chi connectivity index (χ3v) is 6.29. The van der Waals surface area contributed by atoms with Crippen molar-refractivity contribution in [3.63, 3.8) is 0 Å². The van der Waals surface area contributed by atoms with Crippen LogP contribution in [0.5, 0.6) is 0 Å². The zero-order chi connectivity index (χ0) is 27.3. The highest BCUT2D eigenvalue weighted by Gasteiger charge is 2.27. The summed E-state index contributed by atoms with van der Waals surface area (Å²) in [5.74, 6) is -0.847. The second-order valence-electron chi connectivity index (χ2n) is 10.0. The van der Waals surface area contributed by atoms with Crippen LogP contribution in [0.3, 0.4) is 0 Å². The molecule has 0 aliphatic carbocycles. The molecule has 1 unspecified atom stereocenters. The quantitative estimate of drug-likeness (QED) is 0.0595. The van der Waals surface area contributed by atoms with Gasteiger partial charge in [-0.2, -0.15) is 0 Å². The monoisotopic (exact) mass is 536 g/mol. The molecule has 0 radical (unpaired) electrons. The minimum Gasteiger partial charge on any atom is -0.462 e. The van der Waals surface area contributed by atoms with Crippen LogP contribution < -0.4 is 0 Å². The Kier molecular flexibility index (Phi) is 20.0. The fourth-order valence-electron chi connectivity index (χ4n) is 3.13. The predicted octanol–water partition coefficient (Wildman–Crippen LogP) is 5.56. The van der Waals surface area contributed by atoms with Gasteiger partial charge in [0.25, 0.3) is 0 Å². The summed E-state index contributed by atoms with van der Waals surface area (Å²) < 4.78 is 33.5. The molecule has 212 valence electrons. The first-order valence-electron chi connectivity index (χ1n) is 13.4. The van der Waals surface area contributed by atoms with Gasteiger partial charge in [-0.05, 0) is 32.1 Å². The molecule has 0 aromatic carbocycles. The van der Waals surface area contributed by atoms with Crippen molar-refractivity contribution in [2.24, 2.45) is 0 Å². The number of likely N-dealkylation sites (N-methyl/N-ethyl adjacent to an activating group) is 1. The summed E-state index contributed by atoms with van der Waals surface area (Å²) in [5, 5.41) is 0. The minimum atomic E-state index is -4.34. The van der Waals surface area contributed by atoms with E-state index in [2.05, 4.69) is 19.1 Å². The maximum Gasteiger partial charge on any atom is 0.472 e. The lowest BCUT2D eigenvalue weighted by Crippen LogP contribution is -2.37. The number of rotatable bonds is 23. The SMILES string of the molecule is CC/C=C/CCCCCCCC(=O)O[C@H](COC(=O)CCCCC)COP(=O)(O)OCC[N+](C)(C)C. The number of phosphoric acid groups is 1. The third kappa shape index (κ3) is 23.2. The maximum atomic E-state index is 12.3. The molecule has 0 amide bonds. The Morgan fingerprint density at radius 2 is 1.50 bits per heavy atom. The molecule has 0 aromatic rings. The molecule has 0 fully saturated rings. The highest BCUT2D eigenvalue weighted by molar-refractivity contribution is 7.47. The number of allylic oxidation sites excluding steroid dienone is 2. The fraction of sp³-hybridized carbons (Fsp3) is 0.846. The van der Waals surface area contributed by atoms with Crippen molar-refractivity contribution in [1.29, 1.82) is 0 Å². The highest BCUT2D eigenvalue weighted by atomic mass is 31.2. The van der Waals surface area contributed by atoms with Gasteiger partial charge in [0.15, 0.2) is 6.10 Å². The lowest BCUT2D eigenvalue weighted by atomic mass is 10.1. The predicted molar refractivity (Wildman–Crippen MR) is 141 cm³/mol. The second-order valence-corrected chi connectivity index (χ2v) is 11.5. The van der Waals surface area contributed by atoms with Crippen LogP contribution in [0.1, 0.15) is 90.9 Å². The van der Waals surface area contributed by atoms with Crippen LogP contribution in [0.4, 0.5) is 0 Å². The first-order valence-corrected chi connectivity index (χ1v) is 14.9. The van der Waals surface area contributed by atoms with Gasteiger partial charge in [-0.1, -0.05) is 58.1 Å². The van der Waals surface area contributed by atoms with Crippen LogP contribution in [0.15, 0.2) is 12.2 Å². The summed E-state index contributed by atoms with van der Waals surface area (Å²) in [6.45, 7) is 4.06. The molecule has 2 atom stereocenters. The van der Waals surface area contributed by atoms with Crippen molar-refractivity contribution >= 4 is 19.8 Å². The van der Waals surface area contributed by atoms with E-state index in [1.165, 1.54) is 0 Å². The number of hydrogen-bond acceptors (Lipinski definition) is 7. The number of quaternary nitrogens is 1. The van der Waals surface area contributed by atoms with E-state index in [4.69, 9.17) is 18.5 Å². The molecule has 0 heterocycles. The Balaban J connectivity index is 4.55. The fourth-order valence-corrected chi connectivity index (χ4v) is 3.87. The number of ether oxygens (including phenoxy) is 2. The van der Waals surface area contributed by atoms with Crippen LogP contribution in [0.25, 0.3) is 0 Å². The molecular weight excluding hydrogens is 485 g/mol. The molecule has 0 aliphatic heterocycles. The van der Waals surface area contributed by atoms with Crippen LogP contribution in [-0.4, -0.2) is 74.9 Å². The lowest BCUT2D eigenvalue weighted by Gasteiger charge is -2.24. The van der Waals surface area contributed by atoms with Gasteiger partial charge >= 0.3 is 19.8 Å². The number of phosphoric ester groups is 1. The van der Waals surface area contributed by atoms with Gasteiger partial charge in [0.2, 0.25) is 0 Å². The number of carbonyl (C=O) groups excluding carboxylic acids is 2. The van der Waals surface area contributed by atoms with Gasteiger partial charge in [0.1, 0.15) is 19.8 Å². The van der Waals surface area contributed by atoms with Crippen molar-refractivity contribution in [3.8, 4) is 0 Å². The van der Waals surface area contributed by atoms with Crippen molar-refractivity contribution in [2.75, 3.05) is 47.5 Å². The summed E-state index contributed by atoms with van der Waals surface area (Å²) in [5.41, 5.74) is 0. The lowest BCUT2D eigenvalue weighted by molar-refractivity contribution is -0.870. The average Bonchev–Trinajstić information content (AvgIpc) is 2.79. The van der Waals surface area contributed by atoms with Crippen molar-refractivity contribution in [3.05, 3.63) is 12.2 Å². The Labute approximate surface area is 218 Å². The Hall–Kier alpha value is -1.25. The van der Waals surface area contributed by atoms with Gasteiger partial charge in [-0.3, -0.25) is 18.6 Å². The Morgan fingerprint density at radius 3 is 2.17 bits per heavy atom. The number of esters is 2. The van der Waals surface area contributed by atoms with Gasteiger partial charge in [0.05, 0.1) is 27.7 Å². The summed E-state index contributed by atoms with van der Waals surface area (Å²) in [7, 11) is 1.46. The number of nitrogens with zero attached hydrogens (tertiary/aromatic N) is 1. The molecule has 10 heteroatoms. The van der Waals surface area contributed by atoms with Gasteiger partial charge in [-0.25, -0.2) is 4.57 Å². The molecule has 0 spiro atoms. The van der Waals surface area contributed by atoms with Crippen molar-refractivity contribution in [1.82, 2.24) is 0 Å². The molecule has 36 heavy (non-hydrogen) atoms. The summed E-state index contributed by atoms with van der Waals surface area (Å²) in [6, 6.07) is 0. The van der Waals surface area contributed by atoms with E-state index in [9.17, 15) is 19.0 Å². The maximum absolute atomic E-state index is 12.3.